The number of urea groups is 1. The molecule has 7 heteroatoms. The number of amides is 2. The maximum atomic E-state index is 12.0. The first-order valence-electron chi connectivity index (χ1n) is 7.34. The Bertz CT molecular complexity index is 485. The fourth-order valence-electron chi connectivity index (χ4n) is 2.45. The van der Waals surface area contributed by atoms with E-state index in [1.165, 1.54) is 0 Å². The normalized spacial score (nSPS) is 15.0. The number of para-hydroxylation sites is 1. The molecule has 1 N–H and O–H groups in total. The number of hydrogen-bond donors (Lipinski definition) is 1. The molecule has 0 unspecified atom stereocenters. The summed E-state index contributed by atoms with van der Waals surface area (Å²) in [7, 11) is 1.65. The number of anilines is 1. The van der Waals surface area contributed by atoms with Gasteiger partial charge in [0.15, 0.2) is 0 Å². The van der Waals surface area contributed by atoms with Crippen LogP contribution in [0.3, 0.4) is 0 Å². The molecule has 122 valence electrons. The molecule has 0 atom stereocenters. The molecule has 1 aromatic rings. The number of methoxy groups -OCH3 is 1. The van der Waals surface area contributed by atoms with Crippen molar-refractivity contribution in [2.24, 2.45) is 0 Å². The molecule has 1 heterocycles. The van der Waals surface area contributed by atoms with Crippen LogP contribution in [0.15, 0.2) is 18.2 Å². The van der Waals surface area contributed by atoms with Gasteiger partial charge in [0.25, 0.3) is 0 Å². The topological polar surface area (TPSA) is 44.8 Å². The summed E-state index contributed by atoms with van der Waals surface area (Å²) in [6.45, 7) is 4.02. The standard InChI is InChI=1S/C15H21Cl2N3O2/c1-22-11-3-6-18-15(21)20-9-7-19(8-10-20)14-12(16)4-2-5-13(14)17/h2,4-5H,3,6-11H2,1H3,(H,18,21). The maximum Gasteiger partial charge on any atom is 0.317 e. The first-order chi connectivity index (χ1) is 10.6. The first kappa shape index (κ1) is 17.2. The lowest BCUT2D eigenvalue weighted by Gasteiger charge is -2.36. The molecule has 0 aromatic heterocycles. The first-order valence-corrected chi connectivity index (χ1v) is 8.09. The Kier molecular flexibility index (Phi) is 6.61. The minimum absolute atomic E-state index is 0.0268. The second-order valence-corrected chi connectivity index (χ2v) is 5.94. The van der Waals surface area contributed by atoms with Crippen LogP contribution in [0, 0.1) is 0 Å². The lowest BCUT2D eigenvalue weighted by atomic mass is 10.2. The summed E-state index contributed by atoms with van der Waals surface area (Å²) in [4.78, 5) is 16.0. The summed E-state index contributed by atoms with van der Waals surface area (Å²) in [5.74, 6) is 0. The summed E-state index contributed by atoms with van der Waals surface area (Å²) in [5, 5.41) is 4.19. The van der Waals surface area contributed by atoms with Crippen molar-refractivity contribution in [1.29, 1.82) is 0 Å². The molecule has 1 saturated heterocycles. The van der Waals surface area contributed by atoms with Crippen molar-refractivity contribution in [3.63, 3.8) is 0 Å². The van der Waals surface area contributed by atoms with E-state index in [4.69, 9.17) is 27.9 Å². The average Bonchev–Trinajstić information content (AvgIpc) is 2.52. The molecule has 2 rings (SSSR count). The Morgan fingerprint density at radius 3 is 2.45 bits per heavy atom. The maximum absolute atomic E-state index is 12.0. The summed E-state index contributed by atoms with van der Waals surface area (Å²) in [6.07, 6.45) is 0.817. The van der Waals surface area contributed by atoms with Crippen molar-refractivity contribution in [1.82, 2.24) is 10.2 Å². The van der Waals surface area contributed by atoms with Gasteiger partial charge in [-0.05, 0) is 18.6 Å². The molecule has 1 aliphatic heterocycles. The third-order valence-corrected chi connectivity index (χ3v) is 4.23. The summed E-state index contributed by atoms with van der Waals surface area (Å²) in [5.41, 5.74) is 0.853. The molecule has 0 spiro atoms. The van der Waals surface area contributed by atoms with E-state index in [-0.39, 0.29) is 6.03 Å². The van der Waals surface area contributed by atoms with Gasteiger partial charge in [-0.2, -0.15) is 0 Å². The van der Waals surface area contributed by atoms with Gasteiger partial charge in [0.2, 0.25) is 0 Å². The fraction of sp³-hybridized carbons (Fsp3) is 0.533. The van der Waals surface area contributed by atoms with E-state index >= 15 is 0 Å². The lowest BCUT2D eigenvalue weighted by molar-refractivity contribution is 0.183. The molecular weight excluding hydrogens is 325 g/mol. The highest BCUT2D eigenvalue weighted by atomic mass is 35.5. The summed E-state index contributed by atoms with van der Waals surface area (Å²) < 4.78 is 4.96. The molecular formula is C15H21Cl2N3O2. The predicted molar refractivity (Wildman–Crippen MR) is 90.1 cm³/mol. The number of ether oxygens (including phenoxy) is 1. The number of nitrogens with one attached hydrogen (secondary N) is 1. The molecule has 0 aliphatic carbocycles. The van der Waals surface area contributed by atoms with Gasteiger partial charge in [0.1, 0.15) is 0 Å². The Morgan fingerprint density at radius 1 is 1.23 bits per heavy atom. The van der Waals surface area contributed by atoms with Crippen LogP contribution < -0.4 is 10.2 Å². The Morgan fingerprint density at radius 2 is 1.86 bits per heavy atom. The number of carbonyl (C=O) groups excluding carboxylic acids is 1. The number of carbonyl (C=O) groups is 1. The van der Waals surface area contributed by atoms with Gasteiger partial charge in [-0.1, -0.05) is 29.3 Å². The summed E-state index contributed by atoms with van der Waals surface area (Å²) >= 11 is 12.5. The van der Waals surface area contributed by atoms with Crippen LogP contribution in [0.5, 0.6) is 0 Å². The van der Waals surface area contributed by atoms with Crippen molar-refractivity contribution in [2.45, 2.75) is 6.42 Å². The molecule has 0 bridgehead atoms. The van der Waals surface area contributed by atoms with E-state index in [0.29, 0.717) is 36.3 Å². The van der Waals surface area contributed by atoms with Crippen LogP contribution in [0.1, 0.15) is 6.42 Å². The summed E-state index contributed by atoms with van der Waals surface area (Å²) in [6, 6.07) is 5.47. The van der Waals surface area contributed by atoms with Crippen molar-refractivity contribution in [3.05, 3.63) is 28.2 Å². The molecule has 1 aromatic carbocycles. The largest absolute Gasteiger partial charge is 0.385 e. The molecule has 1 fully saturated rings. The van der Waals surface area contributed by atoms with E-state index < -0.39 is 0 Å². The second-order valence-electron chi connectivity index (χ2n) is 5.12. The predicted octanol–water partition coefficient (Wildman–Crippen LogP) is 2.86. The van der Waals surface area contributed by atoms with Gasteiger partial charge in [0, 0.05) is 46.4 Å². The molecule has 1 aliphatic rings. The van der Waals surface area contributed by atoms with Crippen molar-refractivity contribution >= 4 is 34.9 Å². The molecule has 22 heavy (non-hydrogen) atoms. The highest BCUT2D eigenvalue weighted by Crippen LogP contribution is 2.33. The number of nitrogens with zero attached hydrogens (tertiary/aromatic N) is 2. The smallest absolute Gasteiger partial charge is 0.317 e. The minimum Gasteiger partial charge on any atom is -0.385 e. The van der Waals surface area contributed by atoms with Crippen molar-refractivity contribution < 1.29 is 9.53 Å². The third kappa shape index (κ3) is 4.41. The number of hydrogen-bond acceptors (Lipinski definition) is 3. The fourth-order valence-corrected chi connectivity index (χ4v) is 3.08. The van der Waals surface area contributed by atoms with Gasteiger partial charge >= 0.3 is 6.03 Å². The second kappa shape index (κ2) is 8.46. The van der Waals surface area contributed by atoms with Crippen LogP contribution >= 0.6 is 23.2 Å². The van der Waals surface area contributed by atoms with E-state index in [1.54, 1.807) is 7.11 Å². The van der Waals surface area contributed by atoms with Gasteiger partial charge in [0.05, 0.1) is 15.7 Å². The Balaban J connectivity index is 1.84. The van der Waals surface area contributed by atoms with Crippen molar-refractivity contribution in [2.75, 3.05) is 51.3 Å². The van der Waals surface area contributed by atoms with E-state index in [2.05, 4.69) is 10.2 Å². The number of benzene rings is 1. The van der Waals surface area contributed by atoms with Crippen LogP contribution in [0.25, 0.3) is 0 Å². The van der Waals surface area contributed by atoms with Crippen LogP contribution in [-0.2, 0) is 4.74 Å². The van der Waals surface area contributed by atoms with Crippen LogP contribution in [-0.4, -0.2) is 57.4 Å². The zero-order valence-corrected chi connectivity index (χ0v) is 14.2. The monoisotopic (exact) mass is 345 g/mol. The van der Waals surface area contributed by atoms with Crippen LogP contribution in [0.4, 0.5) is 10.5 Å². The highest BCUT2D eigenvalue weighted by Gasteiger charge is 2.23. The SMILES string of the molecule is COCCCNC(=O)N1CCN(c2c(Cl)cccc2Cl)CC1. The zero-order chi connectivity index (χ0) is 15.9. The molecule has 0 radical (unpaired) electrons. The zero-order valence-electron chi connectivity index (χ0n) is 12.6. The molecule has 5 nitrogen and oxygen atoms in total. The number of rotatable bonds is 5. The number of piperazine rings is 1. The Hall–Kier alpha value is -1.17. The van der Waals surface area contributed by atoms with Gasteiger partial charge in [-0.3, -0.25) is 0 Å². The van der Waals surface area contributed by atoms with Gasteiger partial charge in [-0.25, -0.2) is 4.79 Å². The third-order valence-electron chi connectivity index (χ3n) is 3.62. The molecule has 2 amide bonds. The Labute approximate surface area is 141 Å². The highest BCUT2D eigenvalue weighted by molar-refractivity contribution is 6.39. The van der Waals surface area contributed by atoms with E-state index in [9.17, 15) is 4.79 Å². The van der Waals surface area contributed by atoms with Crippen LogP contribution in [0.2, 0.25) is 10.0 Å². The van der Waals surface area contributed by atoms with E-state index in [1.807, 2.05) is 23.1 Å². The average molecular weight is 346 g/mol. The quantitative estimate of drug-likeness (QED) is 0.834. The minimum atomic E-state index is -0.0268. The number of halogens is 2. The van der Waals surface area contributed by atoms with Crippen molar-refractivity contribution in [3.8, 4) is 0 Å². The van der Waals surface area contributed by atoms with Gasteiger partial charge in [-0.15, -0.1) is 0 Å². The lowest BCUT2D eigenvalue weighted by Crippen LogP contribution is -2.52. The van der Waals surface area contributed by atoms with Gasteiger partial charge < -0.3 is 19.9 Å². The van der Waals surface area contributed by atoms with E-state index in [0.717, 1.165) is 25.2 Å². The molecule has 0 saturated carbocycles.